The zero-order valence-corrected chi connectivity index (χ0v) is 10.8. The molecule has 20 heavy (non-hydrogen) atoms. The van der Waals surface area contributed by atoms with E-state index >= 15 is 0 Å². The van der Waals surface area contributed by atoms with Crippen molar-refractivity contribution in [2.75, 3.05) is 5.32 Å². The lowest BCUT2D eigenvalue weighted by molar-refractivity contribution is 0.0998. The summed E-state index contributed by atoms with van der Waals surface area (Å²) in [5, 5.41) is 2.75. The van der Waals surface area contributed by atoms with Crippen LogP contribution in [-0.4, -0.2) is 11.8 Å². The van der Waals surface area contributed by atoms with Crippen LogP contribution in [0.5, 0.6) is 0 Å². The zero-order chi connectivity index (χ0) is 14.5. The lowest BCUT2D eigenvalue weighted by Crippen LogP contribution is -2.16. The Bertz CT molecular complexity index is 636. The molecule has 0 saturated heterocycles. The van der Waals surface area contributed by atoms with Crippen LogP contribution in [0.3, 0.4) is 0 Å². The first kappa shape index (κ1) is 13.8. The smallest absolute Gasteiger partial charge is 0.255 e. The molecule has 0 aliphatic carbocycles. The van der Waals surface area contributed by atoms with Crippen molar-refractivity contribution in [3.8, 4) is 0 Å². The van der Waals surface area contributed by atoms with E-state index in [4.69, 9.17) is 11.5 Å². The summed E-state index contributed by atoms with van der Waals surface area (Å²) in [4.78, 5) is 23.1. The van der Waals surface area contributed by atoms with Gasteiger partial charge in [-0.2, -0.15) is 0 Å². The summed E-state index contributed by atoms with van der Waals surface area (Å²) >= 11 is 0. The fourth-order valence-electron chi connectivity index (χ4n) is 1.84. The molecule has 0 bridgehead atoms. The van der Waals surface area contributed by atoms with Gasteiger partial charge >= 0.3 is 0 Å². The molecule has 0 radical (unpaired) electrons. The largest absolute Gasteiger partial charge is 0.366 e. The Hall–Kier alpha value is -2.66. The van der Waals surface area contributed by atoms with Crippen molar-refractivity contribution < 1.29 is 9.59 Å². The predicted octanol–water partition coefficient (Wildman–Crippen LogP) is 1.50. The van der Waals surface area contributed by atoms with Crippen LogP contribution < -0.4 is 16.8 Å². The van der Waals surface area contributed by atoms with Gasteiger partial charge < -0.3 is 16.8 Å². The molecule has 2 aromatic rings. The summed E-state index contributed by atoms with van der Waals surface area (Å²) in [6.07, 6.45) is 0. The molecular formula is C15H15N3O2. The molecule has 5 heteroatoms. The van der Waals surface area contributed by atoms with Crippen molar-refractivity contribution in [2.45, 2.75) is 6.54 Å². The van der Waals surface area contributed by atoms with Gasteiger partial charge in [0, 0.05) is 23.4 Å². The topological polar surface area (TPSA) is 98.2 Å². The lowest BCUT2D eigenvalue weighted by Gasteiger charge is -2.09. The van der Waals surface area contributed by atoms with Crippen LogP contribution in [0.4, 0.5) is 5.69 Å². The highest BCUT2D eigenvalue weighted by molar-refractivity contribution is 6.05. The fourth-order valence-corrected chi connectivity index (χ4v) is 1.84. The number of nitrogens with one attached hydrogen (secondary N) is 1. The standard InChI is InChI=1S/C15H15N3O2/c16-9-11-3-1-2-4-13(11)15(20)18-12-7-5-10(6-8-12)14(17)19/h1-8H,9,16H2,(H2,17,19)(H,18,20). The molecule has 0 aliphatic heterocycles. The van der Waals surface area contributed by atoms with Crippen molar-refractivity contribution in [3.63, 3.8) is 0 Å². The average molecular weight is 269 g/mol. The zero-order valence-electron chi connectivity index (χ0n) is 10.8. The molecular weight excluding hydrogens is 254 g/mol. The number of nitrogens with two attached hydrogens (primary N) is 2. The van der Waals surface area contributed by atoms with Crippen molar-refractivity contribution in [1.82, 2.24) is 0 Å². The molecule has 0 aliphatic rings. The van der Waals surface area contributed by atoms with E-state index in [2.05, 4.69) is 5.32 Å². The second kappa shape index (κ2) is 5.99. The molecule has 102 valence electrons. The van der Waals surface area contributed by atoms with Crippen LogP contribution in [0.25, 0.3) is 0 Å². The number of carbonyl (C=O) groups excluding carboxylic acids is 2. The number of benzene rings is 2. The summed E-state index contributed by atoms with van der Waals surface area (Å²) < 4.78 is 0. The number of amides is 2. The van der Waals surface area contributed by atoms with Crippen LogP contribution in [0.1, 0.15) is 26.3 Å². The Balaban J connectivity index is 2.17. The van der Waals surface area contributed by atoms with Crippen molar-refractivity contribution in [1.29, 1.82) is 0 Å². The number of carbonyl (C=O) groups is 2. The van der Waals surface area contributed by atoms with Crippen LogP contribution in [0, 0.1) is 0 Å². The normalized spacial score (nSPS) is 10.1. The second-order valence-electron chi connectivity index (χ2n) is 4.26. The van der Waals surface area contributed by atoms with Crippen molar-refractivity contribution in [3.05, 3.63) is 65.2 Å². The average Bonchev–Trinajstić information content (AvgIpc) is 2.47. The molecule has 0 atom stereocenters. The van der Waals surface area contributed by atoms with Gasteiger partial charge in [-0.25, -0.2) is 0 Å². The number of anilines is 1. The molecule has 0 saturated carbocycles. The van der Waals surface area contributed by atoms with E-state index in [0.29, 0.717) is 23.4 Å². The Morgan fingerprint density at radius 3 is 2.25 bits per heavy atom. The monoisotopic (exact) mass is 269 g/mol. The third-order valence-corrected chi connectivity index (χ3v) is 2.91. The van der Waals surface area contributed by atoms with Gasteiger partial charge in [0.25, 0.3) is 5.91 Å². The lowest BCUT2D eigenvalue weighted by atomic mass is 10.1. The van der Waals surface area contributed by atoms with Crippen molar-refractivity contribution in [2.24, 2.45) is 11.5 Å². The Morgan fingerprint density at radius 2 is 1.65 bits per heavy atom. The maximum atomic E-state index is 12.2. The van der Waals surface area contributed by atoms with E-state index in [9.17, 15) is 9.59 Å². The summed E-state index contributed by atoms with van der Waals surface area (Å²) in [6.45, 7) is 0.296. The molecule has 5 N–H and O–H groups in total. The fraction of sp³-hybridized carbons (Fsp3) is 0.0667. The third-order valence-electron chi connectivity index (χ3n) is 2.91. The van der Waals surface area contributed by atoms with Gasteiger partial charge in [-0.05, 0) is 35.9 Å². The SMILES string of the molecule is NCc1ccccc1C(=O)Nc1ccc(C(N)=O)cc1. The minimum atomic E-state index is -0.503. The van der Waals surface area contributed by atoms with Gasteiger partial charge in [0.2, 0.25) is 5.91 Å². The third kappa shape index (κ3) is 3.02. The van der Waals surface area contributed by atoms with Crippen LogP contribution in [0.2, 0.25) is 0 Å². The Labute approximate surface area is 116 Å². The molecule has 2 aromatic carbocycles. The number of rotatable bonds is 4. The second-order valence-corrected chi connectivity index (χ2v) is 4.26. The van der Waals surface area contributed by atoms with Crippen LogP contribution in [0.15, 0.2) is 48.5 Å². The predicted molar refractivity (Wildman–Crippen MR) is 77.2 cm³/mol. The summed E-state index contributed by atoms with van der Waals surface area (Å²) in [6, 6.07) is 13.5. The summed E-state index contributed by atoms with van der Waals surface area (Å²) in [5.41, 5.74) is 13.1. The van der Waals surface area contributed by atoms with Crippen LogP contribution >= 0.6 is 0 Å². The minimum absolute atomic E-state index is 0.238. The van der Waals surface area contributed by atoms with Gasteiger partial charge in [-0.3, -0.25) is 9.59 Å². The Morgan fingerprint density at radius 1 is 1.00 bits per heavy atom. The maximum absolute atomic E-state index is 12.2. The summed E-state index contributed by atoms with van der Waals surface area (Å²) in [5.74, 6) is -0.741. The molecule has 0 unspecified atom stereocenters. The first-order valence-corrected chi connectivity index (χ1v) is 6.11. The summed E-state index contributed by atoms with van der Waals surface area (Å²) in [7, 11) is 0. The maximum Gasteiger partial charge on any atom is 0.255 e. The first-order valence-electron chi connectivity index (χ1n) is 6.11. The Kier molecular flexibility index (Phi) is 4.12. The molecule has 0 heterocycles. The molecule has 2 amide bonds. The number of hydrogen-bond acceptors (Lipinski definition) is 3. The highest BCUT2D eigenvalue weighted by Gasteiger charge is 2.10. The molecule has 0 spiro atoms. The molecule has 0 aromatic heterocycles. The number of primary amides is 1. The van der Waals surface area contributed by atoms with Gasteiger partial charge in [0.15, 0.2) is 0 Å². The van der Waals surface area contributed by atoms with E-state index in [1.54, 1.807) is 36.4 Å². The van der Waals surface area contributed by atoms with Crippen molar-refractivity contribution >= 4 is 17.5 Å². The minimum Gasteiger partial charge on any atom is -0.366 e. The quantitative estimate of drug-likeness (QED) is 0.784. The van der Waals surface area contributed by atoms with E-state index in [1.807, 2.05) is 12.1 Å². The van der Waals surface area contributed by atoms with Gasteiger partial charge in [0.05, 0.1) is 0 Å². The van der Waals surface area contributed by atoms with Gasteiger partial charge in [-0.15, -0.1) is 0 Å². The highest BCUT2D eigenvalue weighted by Crippen LogP contribution is 2.13. The number of hydrogen-bond donors (Lipinski definition) is 3. The van der Waals surface area contributed by atoms with E-state index in [1.165, 1.54) is 0 Å². The van der Waals surface area contributed by atoms with E-state index in [0.717, 1.165) is 5.56 Å². The molecule has 5 nitrogen and oxygen atoms in total. The highest BCUT2D eigenvalue weighted by atomic mass is 16.2. The van der Waals surface area contributed by atoms with E-state index < -0.39 is 5.91 Å². The van der Waals surface area contributed by atoms with Gasteiger partial charge in [-0.1, -0.05) is 18.2 Å². The molecule has 2 rings (SSSR count). The first-order chi connectivity index (χ1) is 9.61. The van der Waals surface area contributed by atoms with Crippen LogP contribution in [-0.2, 0) is 6.54 Å². The molecule has 0 fully saturated rings. The van der Waals surface area contributed by atoms with Gasteiger partial charge in [0.1, 0.15) is 0 Å². The van der Waals surface area contributed by atoms with E-state index in [-0.39, 0.29) is 5.91 Å².